The molecule has 0 bridgehead atoms. The van der Waals surface area contributed by atoms with E-state index in [1.807, 2.05) is 0 Å². The number of Topliss-reactive ketones (excluding diaryl/α,β-unsaturated/α-hetero) is 1. The molecule has 1 aromatic carbocycles. The van der Waals surface area contributed by atoms with Crippen LogP contribution in [0.2, 0.25) is 0 Å². The topological polar surface area (TPSA) is 67.2 Å². The van der Waals surface area contributed by atoms with E-state index in [0.29, 0.717) is 10.7 Å². The molecular weight excluding hydrogens is 234 g/mol. The highest BCUT2D eigenvalue weighted by Crippen LogP contribution is 2.09. The lowest BCUT2D eigenvalue weighted by atomic mass is 10.1. The summed E-state index contributed by atoms with van der Waals surface area (Å²) in [7, 11) is 0. The van der Waals surface area contributed by atoms with Crippen LogP contribution in [0.4, 0.5) is 5.69 Å². The van der Waals surface area contributed by atoms with Gasteiger partial charge in [0.05, 0.1) is 0 Å². The maximum Gasteiger partial charge on any atom is 0.185 e. The van der Waals surface area contributed by atoms with Gasteiger partial charge in [-0.1, -0.05) is 0 Å². The Hall–Kier alpha value is -1.17. The molecule has 0 aliphatic carbocycles. The molecule has 0 aromatic heterocycles. The second-order valence-electron chi connectivity index (χ2n) is 2.73. The van der Waals surface area contributed by atoms with Crippen molar-refractivity contribution in [3.05, 3.63) is 29.8 Å². The number of thiocarbonyl (C=S) groups is 1. The largest absolute Gasteiger partial charge is 0.332 e. The van der Waals surface area contributed by atoms with Gasteiger partial charge in [0, 0.05) is 11.3 Å². The van der Waals surface area contributed by atoms with Gasteiger partial charge in [0.2, 0.25) is 0 Å². The van der Waals surface area contributed by atoms with Crippen molar-refractivity contribution in [2.75, 3.05) is 5.32 Å². The summed E-state index contributed by atoms with van der Waals surface area (Å²) >= 11 is 4.81. The lowest BCUT2D eigenvalue weighted by Gasteiger charge is -2.06. The Bertz CT molecular complexity index is 353. The van der Waals surface area contributed by atoms with Gasteiger partial charge in [-0.05, 0) is 43.4 Å². The van der Waals surface area contributed by atoms with E-state index in [1.54, 1.807) is 24.3 Å². The predicted molar refractivity (Wildman–Crippen MR) is 67.2 cm³/mol. The second-order valence-corrected chi connectivity index (χ2v) is 3.14. The zero-order chi connectivity index (χ0) is 10.6. The van der Waals surface area contributed by atoms with Crippen LogP contribution in [-0.2, 0) is 0 Å². The van der Waals surface area contributed by atoms with Gasteiger partial charge in [-0.25, -0.2) is 5.84 Å². The lowest BCUT2D eigenvalue weighted by molar-refractivity contribution is 0.101. The van der Waals surface area contributed by atoms with Crippen LogP contribution in [0, 0.1) is 0 Å². The van der Waals surface area contributed by atoms with E-state index in [1.165, 1.54) is 6.92 Å². The van der Waals surface area contributed by atoms with Crippen LogP contribution in [0.25, 0.3) is 0 Å². The first-order valence-electron chi connectivity index (χ1n) is 4.02. The summed E-state index contributed by atoms with van der Waals surface area (Å²) < 4.78 is 0. The van der Waals surface area contributed by atoms with Gasteiger partial charge in [-0.3, -0.25) is 4.79 Å². The Balaban J connectivity index is 0.00000196. The Morgan fingerprint density at radius 1 is 1.33 bits per heavy atom. The molecule has 0 spiro atoms. The van der Waals surface area contributed by atoms with Crippen molar-refractivity contribution >= 4 is 41.2 Å². The van der Waals surface area contributed by atoms with Crippen molar-refractivity contribution in [2.45, 2.75) is 6.92 Å². The summed E-state index contributed by atoms with van der Waals surface area (Å²) in [5.74, 6) is 5.13. The number of hydrazine groups is 1. The monoisotopic (exact) mass is 245 g/mol. The second kappa shape index (κ2) is 6.34. The average Bonchev–Trinajstić information content (AvgIpc) is 2.18. The number of anilines is 1. The first-order valence-corrected chi connectivity index (χ1v) is 4.43. The zero-order valence-corrected chi connectivity index (χ0v) is 9.74. The van der Waals surface area contributed by atoms with Gasteiger partial charge in [0.25, 0.3) is 0 Å². The molecule has 0 amide bonds. The van der Waals surface area contributed by atoms with Crippen molar-refractivity contribution in [1.29, 1.82) is 0 Å². The van der Waals surface area contributed by atoms with E-state index in [-0.39, 0.29) is 18.2 Å². The zero-order valence-electron chi connectivity index (χ0n) is 8.11. The Kier molecular flexibility index (Phi) is 5.84. The van der Waals surface area contributed by atoms with Crippen LogP contribution in [0.3, 0.4) is 0 Å². The number of hydrogen-bond acceptors (Lipinski definition) is 3. The number of halogens is 1. The van der Waals surface area contributed by atoms with Crippen molar-refractivity contribution in [3.8, 4) is 0 Å². The third-order valence-electron chi connectivity index (χ3n) is 1.68. The number of nitrogens with one attached hydrogen (secondary N) is 2. The quantitative estimate of drug-likeness (QED) is 0.319. The van der Waals surface area contributed by atoms with E-state index >= 15 is 0 Å². The highest BCUT2D eigenvalue weighted by molar-refractivity contribution is 7.80. The Labute approximate surface area is 99.6 Å². The lowest BCUT2D eigenvalue weighted by Crippen LogP contribution is -2.34. The van der Waals surface area contributed by atoms with Crippen molar-refractivity contribution in [1.82, 2.24) is 5.43 Å². The molecule has 1 rings (SSSR count). The van der Waals surface area contributed by atoms with Crippen LogP contribution in [0.15, 0.2) is 24.3 Å². The summed E-state index contributed by atoms with van der Waals surface area (Å²) in [5.41, 5.74) is 3.76. The minimum atomic E-state index is 0. The fourth-order valence-corrected chi connectivity index (χ4v) is 1.07. The summed E-state index contributed by atoms with van der Waals surface area (Å²) in [4.78, 5) is 11.0. The number of nitrogens with two attached hydrogens (primary N) is 1. The highest BCUT2D eigenvalue weighted by Gasteiger charge is 1.99. The molecule has 0 atom stereocenters. The summed E-state index contributed by atoms with van der Waals surface area (Å²) in [6.07, 6.45) is 0. The molecule has 0 fully saturated rings. The number of rotatable bonds is 2. The van der Waals surface area contributed by atoms with Gasteiger partial charge in [0.1, 0.15) is 0 Å². The third-order valence-corrected chi connectivity index (χ3v) is 1.90. The molecule has 0 saturated carbocycles. The molecule has 0 unspecified atom stereocenters. The summed E-state index contributed by atoms with van der Waals surface area (Å²) in [6.45, 7) is 1.52. The molecule has 0 saturated heterocycles. The SMILES string of the molecule is CC(=O)c1ccc(NC(=S)NN)cc1.Cl. The number of ketones is 1. The van der Waals surface area contributed by atoms with E-state index in [2.05, 4.69) is 10.7 Å². The van der Waals surface area contributed by atoms with Crippen LogP contribution < -0.4 is 16.6 Å². The minimum absolute atomic E-state index is 0. The van der Waals surface area contributed by atoms with Crippen molar-refractivity contribution in [3.63, 3.8) is 0 Å². The fraction of sp³-hybridized carbons (Fsp3) is 0.111. The van der Waals surface area contributed by atoms with Gasteiger partial charge < -0.3 is 10.7 Å². The Morgan fingerprint density at radius 2 is 1.87 bits per heavy atom. The molecule has 6 heteroatoms. The third kappa shape index (κ3) is 4.24. The smallest absolute Gasteiger partial charge is 0.185 e. The van der Waals surface area contributed by atoms with Crippen LogP contribution >= 0.6 is 24.6 Å². The molecule has 4 N–H and O–H groups in total. The van der Waals surface area contributed by atoms with Gasteiger partial charge in [-0.2, -0.15) is 0 Å². The number of carbonyl (C=O) groups is 1. The van der Waals surface area contributed by atoms with E-state index in [0.717, 1.165) is 5.69 Å². The molecule has 0 radical (unpaired) electrons. The van der Waals surface area contributed by atoms with Gasteiger partial charge >= 0.3 is 0 Å². The summed E-state index contributed by atoms with van der Waals surface area (Å²) in [6, 6.07) is 6.98. The van der Waals surface area contributed by atoms with Gasteiger partial charge in [0.15, 0.2) is 10.9 Å². The first kappa shape index (κ1) is 13.8. The number of benzene rings is 1. The molecule has 1 aromatic rings. The molecule has 15 heavy (non-hydrogen) atoms. The molecular formula is C9H12ClN3OS. The summed E-state index contributed by atoms with van der Waals surface area (Å²) in [5, 5.41) is 3.18. The molecule has 0 aliphatic heterocycles. The van der Waals surface area contributed by atoms with Crippen LogP contribution in [-0.4, -0.2) is 10.9 Å². The first-order chi connectivity index (χ1) is 6.63. The van der Waals surface area contributed by atoms with Gasteiger partial charge in [-0.15, -0.1) is 12.4 Å². The van der Waals surface area contributed by atoms with E-state index in [4.69, 9.17) is 18.1 Å². The number of hydrogen-bond donors (Lipinski definition) is 3. The normalized spacial score (nSPS) is 8.67. The van der Waals surface area contributed by atoms with Crippen LogP contribution in [0.5, 0.6) is 0 Å². The molecule has 0 aliphatic rings. The van der Waals surface area contributed by atoms with E-state index in [9.17, 15) is 4.79 Å². The molecule has 0 heterocycles. The highest BCUT2D eigenvalue weighted by atomic mass is 35.5. The van der Waals surface area contributed by atoms with Crippen molar-refractivity contribution < 1.29 is 4.79 Å². The van der Waals surface area contributed by atoms with Crippen LogP contribution in [0.1, 0.15) is 17.3 Å². The van der Waals surface area contributed by atoms with E-state index < -0.39 is 0 Å². The number of carbonyl (C=O) groups excluding carboxylic acids is 1. The van der Waals surface area contributed by atoms with Crippen molar-refractivity contribution in [2.24, 2.45) is 5.84 Å². The standard InChI is InChI=1S/C9H11N3OS.ClH/c1-6(13)7-2-4-8(5-3-7)11-9(14)12-10;/h2-5H,10H2,1H3,(H2,11,12,14);1H. The molecule has 4 nitrogen and oxygen atoms in total. The minimum Gasteiger partial charge on any atom is -0.332 e. The maximum atomic E-state index is 11.0. The average molecular weight is 246 g/mol. The fourth-order valence-electron chi connectivity index (χ4n) is 0.955. The predicted octanol–water partition coefficient (Wildman–Crippen LogP) is 1.47. The Morgan fingerprint density at radius 3 is 2.27 bits per heavy atom. The maximum absolute atomic E-state index is 11.0. The molecule has 82 valence electrons.